The van der Waals surface area contributed by atoms with Crippen molar-refractivity contribution in [1.29, 1.82) is 0 Å². The lowest BCUT2D eigenvalue weighted by atomic mass is 9.92. The molecule has 0 aliphatic carbocycles. The van der Waals surface area contributed by atoms with Gasteiger partial charge in [-0.2, -0.15) is 0 Å². The van der Waals surface area contributed by atoms with Gasteiger partial charge in [0.15, 0.2) is 0 Å². The molecule has 0 radical (unpaired) electrons. The van der Waals surface area contributed by atoms with E-state index in [9.17, 15) is 4.79 Å². The molecule has 1 heterocycles. The van der Waals surface area contributed by atoms with E-state index in [1.165, 1.54) is 0 Å². The summed E-state index contributed by atoms with van der Waals surface area (Å²) in [6.07, 6.45) is 2.94. The lowest BCUT2D eigenvalue weighted by molar-refractivity contribution is -0.128. The third-order valence-corrected chi connectivity index (χ3v) is 2.77. The second-order valence-corrected chi connectivity index (χ2v) is 5.17. The molecule has 0 aromatic heterocycles. The van der Waals surface area contributed by atoms with E-state index in [1.54, 1.807) is 0 Å². The van der Waals surface area contributed by atoms with Gasteiger partial charge in [0.05, 0.1) is 5.54 Å². The minimum absolute atomic E-state index is 0.135. The highest BCUT2D eigenvalue weighted by Gasteiger charge is 2.40. The van der Waals surface area contributed by atoms with Crippen LogP contribution in [0, 0.1) is 0 Å². The van der Waals surface area contributed by atoms with Crippen molar-refractivity contribution in [2.75, 3.05) is 6.54 Å². The van der Waals surface area contributed by atoms with Crippen LogP contribution in [0.15, 0.2) is 0 Å². The summed E-state index contributed by atoms with van der Waals surface area (Å²) in [5, 5.41) is 6.38. The fourth-order valence-electron chi connectivity index (χ4n) is 1.92. The monoisotopic (exact) mass is 198 g/mol. The van der Waals surface area contributed by atoms with Crippen LogP contribution in [0.4, 0.5) is 0 Å². The van der Waals surface area contributed by atoms with Crippen molar-refractivity contribution in [1.82, 2.24) is 10.6 Å². The normalized spacial score (nSPS) is 27.7. The van der Waals surface area contributed by atoms with Crippen LogP contribution in [0.2, 0.25) is 0 Å². The molecule has 82 valence electrons. The van der Waals surface area contributed by atoms with E-state index in [0.717, 1.165) is 25.8 Å². The molecule has 1 atom stereocenters. The summed E-state index contributed by atoms with van der Waals surface area (Å²) >= 11 is 0. The molecule has 1 unspecified atom stereocenters. The fourth-order valence-corrected chi connectivity index (χ4v) is 1.92. The van der Waals surface area contributed by atoms with Crippen molar-refractivity contribution >= 4 is 5.91 Å². The van der Waals surface area contributed by atoms with Gasteiger partial charge in [-0.15, -0.1) is 0 Å². The Kier molecular flexibility index (Phi) is 3.20. The maximum atomic E-state index is 12.0. The highest BCUT2D eigenvalue weighted by Crippen LogP contribution is 2.23. The van der Waals surface area contributed by atoms with Gasteiger partial charge in [0.2, 0.25) is 5.91 Å². The number of nitrogens with one attached hydrogen (secondary N) is 2. The average molecular weight is 198 g/mol. The number of hydrogen-bond acceptors (Lipinski definition) is 2. The van der Waals surface area contributed by atoms with E-state index in [2.05, 4.69) is 17.6 Å². The molecule has 14 heavy (non-hydrogen) atoms. The first-order valence-electron chi connectivity index (χ1n) is 5.47. The second-order valence-electron chi connectivity index (χ2n) is 5.17. The topological polar surface area (TPSA) is 41.1 Å². The van der Waals surface area contributed by atoms with Crippen LogP contribution in [-0.2, 0) is 4.79 Å². The van der Waals surface area contributed by atoms with Gasteiger partial charge >= 0.3 is 0 Å². The third-order valence-electron chi connectivity index (χ3n) is 2.77. The average Bonchev–Trinajstić information content (AvgIpc) is 2.49. The van der Waals surface area contributed by atoms with Gasteiger partial charge in [-0.25, -0.2) is 0 Å². The minimum atomic E-state index is -0.298. The Morgan fingerprint density at radius 1 is 1.50 bits per heavy atom. The predicted octanol–water partition coefficient (Wildman–Crippen LogP) is 1.43. The largest absolute Gasteiger partial charge is 0.350 e. The molecule has 1 saturated heterocycles. The molecule has 0 bridgehead atoms. The number of rotatable bonds is 2. The highest BCUT2D eigenvalue weighted by atomic mass is 16.2. The molecular formula is C11H22N2O. The van der Waals surface area contributed by atoms with Crippen molar-refractivity contribution in [3.05, 3.63) is 0 Å². The van der Waals surface area contributed by atoms with E-state index in [1.807, 2.05) is 20.8 Å². The SMILES string of the molecule is CCC1(C(=O)NC(C)(C)C)CCCN1. The van der Waals surface area contributed by atoms with Gasteiger partial charge in [0, 0.05) is 5.54 Å². The van der Waals surface area contributed by atoms with Gasteiger partial charge in [-0.3, -0.25) is 4.79 Å². The van der Waals surface area contributed by atoms with Gasteiger partial charge in [-0.1, -0.05) is 6.92 Å². The molecule has 3 nitrogen and oxygen atoms in total. The second kappa shape index (κ2) is 3.89. The molecule has 0 spiro atoms. The Balaban J connectivity index is 2.66. The van der Waals surface area contributed by atoms with Gasteiger partial charge < -0.3 is 10.6 Å². The highest BCUT2D eigenvalue weighted by molar-refractivity contribution is 5.87. The third kappa shape index (κ3) is 2.47. The van der Waals surface area contributed by atoms with E-state index in [0.29, 0.717) is 0 Å². The summed E-state index contributed by atoms with van der Waals surface area (Å²) in [5.41, 5.74) is -0.434. The molecule has 1 aliphatic heterocycles. The zero-order valence-electron chi connectivity index (χ0n) is 9.74. The zero-order chi connectivity index (χ0) is 10.8. The van der Waals surface area contributed by atoms with Crippen molar-refractivity contribution < 1.29 is 4.79 Å². The quantitative estimate of drug-likeness (QED) is 0.705. The van der Waals surface area contributed by atoms with Crippen LogP contribution in [-0.4, -0.2) is 23.5 Å². The van der Waals surface area contributed by atoms with Crippen molar-refractivity contribution in [2.45, 2.75) is 58.0 Å². The Bertz CT molecular complexity index is 212. The van der Waals surface area contributed by atoms with Crippen LogP contribution < -0.4 is 10.6 Å². The van der Waals surface area contributed by atoms with Crippen LogP contribution >= 0.6 is 0 Å². The summed E-state index contributed by atoms with van der Waals surface area (Å²) < 4.78 is 0. The molecule has 0 aromatic rings. The first kappa shape index (κ1) is 11.5. The maximum absolute atomic E-state index is 12.0. The van der Waals surface area contributed by atoms with E-state index < -0.39 is 0 Å². The summed E-state index contributed by atoms with van der Waals surface area (Å²) in [7, 11) is 0. The molecule has 1 amide bonds. The van der Waals surface area contributed by atoms with E-state index >= 15 is 0 Å². The smallest absolute Gasteiger partial charge is 0.240 e. The number of carbonyl (C=O) groups excluding carboxylic acids is 1. The van der Waals surface area contributed by atoms with Gasteiger partial charge in [0.25, 0.3) is 0 Å². The van der Waals surface area contributed by atoms with Crippen molar-refractivity contribution in [3.8, 4) is 0 Å². The molecule has 1 aliphatic rings. The molecule has 2 N–H and O–H groups in total. The Morgan fingerprint density at radius 2 is 2.14 bits per heavy atom. The Labute approximate surface area is 86.6 Å². The fraction of sp³-hybridized carbons (Fsp3) is 0.909. The molecular weight excluding hydrogens is 176 g/mol. The number of amides is 1. The summed E-state index contributed by atoms with van der Waals surface area (Å²) in [4.78, 5) is 12.0. The van der Waals surface area contributed by atoms with Gasteiger partial charge in [0.1, 0.15) is 0 Å². The molecule has 3 heteroatoms. The summed E-state index contributed by atoms with van der Waals surface area (Å²) in [6.45, 7) is 9.08. The summed E-state index contributed by atoms with van der Waals surface area (Å²) in [6, 6.07) is 0. The number of carbonyl (C=O) groups is 1. The molecule has 1 rings (SSSR count). The lowest BCUT2D eigenvalue weighted by Crippen LogP contribution is -2.57. The Morgan fingerprint density at radius 3 is 2.50 bits per heavy atom. The Hall–Kier alpha value is -0.570. The van der Waals surface area contributed by atoms with Gasteiger partial charge in [-0.05, 0) is 46.6 Å². The molecule has 0 aromatic carbocycles. The number of hydrogen-bond donors (Lipinski definition) is 2. The van der Waals surface area contributed by atoms with Crippen LogP contribution in [0.3, 0.4) is 0 Å². The molecule has 1 fully saturated rings. The minimum Gasteiger partial charge on any atom is -0.350 e. The van der Waals surface area contributed by atoms with E-state index in [-0.39, 0.29) is 17.0 Å². The van der Waals surface area contributed by atoms with Crippen LogP contribution in [0.25, 0.3) is 0 Å². The standard InChI is InChI=1S/C11H22N2O/c1-5-11(7-6-8-12-11)9(14)13-10(2,3)4/h12H,5-8H2,1-4H3,(H,13,14). The zero-order valence-corrected chi connectivity index (χ0v) is 9.74. The summed E-state index contributed by atoms with van der Waals surface area (Å²) in [5.74, 6) is 0.157. The molecule has 0 saturated carbocycles. The first-order valence-corrected chi connectivity index (χ1v) is 5.47. The first-order chi connectivity index (χ1) is 6.40. The predicted molar refractivity (Wildman–Crippen MR) is 58.2 cm³/mol. The maximum Gasteiger partial charge on any atom is 0.240 e. The lowest BCUT2D eigenvalue weighted by Gasteiger charge is -2.31. The van der Waals surface area contributed by atoms with Crippen molar-refractivity contribution in [3.63, 3.8) is 0 Å². The van der Waals surface area contributed by atoms with Crippen LogP contribution in [0.1, 0.15) is 47.0 Å². The van der Waals surface area contributed by atoms with Crippen molar-refractivity contribution in [2.24, 2.45) is 0 Å². The van der Waals surface area contributed by atoms with Crippen LogP contribution in [0.5, 0.6) is 0 Å². The van der Waals surface area contributed by atoms with E-state index in [4.69, 9.17) is 0 Å².